The fraction of sp³-hybridized carbons (Fsp3) is 1.00. The second-order valence-electron chi connectivity index (χ2n) is 5.17. The zero-order valence-corrected chi connectivity index (χ0v) is 12.6. The van der Waals surface area contributed by atoms with Gasteiger partial charge in [-0.15, -0.1) is 0 Å². The van der Waals surface area contributed by atoms with Crippen LogP contribution in [0.25, 0.3) is 0 Å². The summed E-state index contributed by atoms with van der Waals surface area (Å²) in [5, 5.41) is 3.11. The summed E-state index contributed by atoms with van der Waals surface area (Å²) < 4.78 is 0. The molecule has 0 saturated carbocycles. The molecule has 1 N–H and O–H groups in total. The monoisotopic (exact) mass is 245 g/mol. The van der Waals surface area contributed by atoms with Crippen LogP contribution in [0.2, 0.25) is 0 Å². The van der Waals surface area contributed by atoms with Crippen molar-refractivity contribution in [1.82, 2.24) is 15.1 Å². The Bertz CT molecular complexity index is 159. The number of rotatable bonds is 5. The molecule has 1 fully saturated rings. The number of likely N-dealkylation sites (N-methyl/N-ethyl adjacent to an activating group) is 2. The minimum atomic E-state index is 0. The summed E-state index contributed by atoms with van der Waals surface area (Å²) in [6.45, 7) is 12.8. The van der Waals surface area contributed by atoms with E-state index < -0.39 is 0 Å². The van der Waals surface area contributed by atoms with Crippen molar-refractivity contribution in [2.45, 2.75) is 46.1 Å². The quantitative estimate of drug-likeness (QED) is 0.802. The van der Waals surface area contributed by atoms with Crippen LogP contribution in [0.1, 0.15) is 41.5 Å². The highest BCUT2D eigenvalue weighted by molar-refractivity contribution is 4.61. The summed E-state index contributed by atoms with van der Waals surface area (Å²) in [5.41, 5.74) is 0. The van der Waals surface area contributed by atoms with E-state index in [0.717, 1.165) is 13.1 Å². The van der Waals surface area contributed by atoms with Gasteiger partial charge < -0.3 is 15.1 Å². The van der Waals surface area contributed by atoms with E-state index in [9.17, 15) is 0 Å². The van der Waals surface area contributed by atoms with Gasteiger partial charge in [0.1, 0.15) is 0 Å². The average Bonchev–Trinajstić information content (AvgIpc) is 2.37. The van der Waals surface area contributed by atoms with Crippen molar-refractivity contribution < 1.29 is 1.43 Å². The van der Waals surface area contributed by atoms with Crippen molar-refractivity contribution in [3.63, 3.8) is 0 Å². The van der Waals surface area contributed by atoms with Crippen LogP contribution in [0.4, 0.5) is 0 Å². The third-order valence-corrected chi connectivity index (χ3v) is 3.49. The molecular formula is C14H35N3. The van der Waals surface area contributed by atoms with Crippen LogP contribution in [0.15, 0.2) is 0 Å². The van der Waals surface area contributed by atoms with Crippen molar-refractivity contribution in [3.8, 4) is 0 Å². The highest BCUT2D eigenvalue weighted by Gasteiger charge is 2.05. The first kappa shape index (κ1) is 16.9. The van der Waals surface area contributed by atoms with Gasteiger partial charge in [0.25, 0.3) is 0 Å². The largest absolute Gasteiger partial charge is 0.318 e. The van der Waals surface area contributed by atoms with Gasteiger partial charge in [-0.25, -0.2) is 0 Å². The molecule has 1 aliphatic heterocycles. The fourth-order valence-corrected chi connectivity index (χ4v) is 1.82. The van der Waals surface area contributed by atoms with Gasteiger partial charge in [0.05, 0.1) is 0 Å². The number of nitrogens with zero attached hydrogens (tertiary/aromatic N) is 2. The maximum absolute atomic E-state index is 3.11. The van der Waals surface area contributed by atoms with Gasteiger partial charge in [0, 0.05) is 20.6 Å². The van der Waals surface area contributed by atoms with Crippen molar-refractivity contribution in [2.24, 2.45) is 0 Å². The molecule has 1 rings (SSSR count). The average molecular weight is 245 g/mol. The molecule has 0 bridgehead atoms. The molecule has 0 aromatic rings. The minimum Gasteiger partial charge on any atom is -0.318 e. The SMILES string of the molecule is CCN1CCCCC1.CNCCN(C)C(C)C.[HH]. The second-order valence-corrected chi connectivity index (χ2v) is 5.17. The third kappa shape index (κ3) is 9.57. The zero-order valence-electron chi connectivity index (χ0n) is 12.6. The summed E-state index contributed by atoms with van der Waals surface area (Å²) in [5.74, 6) is 0. The Morgan fingerprint density at radius 3 is 2.18 bits per heavy atom. The van der Waals surface area contributed by atoms with E-state index in [4.69, 9.17) is 0 Å². The molecule has 3 heteroatoms. The summed E-state index contributed by atoms with van der Waals surface area (Å²) in [6.07, 6.45) is 4.30. The smallest absolute Gasteiger partial charge is 0.0106 e. The first-order valence-corrected chi connectivity index (χ1v) is 7.19. The van der Waals surface area contributed by atoms with Crippen LogP contribution < -0.4 is 5.32 Å². The van der Waals surface area contributed by atoms with E-state index in [1.54, 1.807) is 0 Å². The van der Waals surface area contributed by atoms with E-state index >= 15 is 0 Å². The molecule has 106 valence electrons. The Morgan fingerprint density at radius 2 is 1.82 bits per heavy atom. The predicted octanol–water partition coefficient (Wildman–Crippen LogP) is 2.28. The highest BCUT2D eigenvalue weighted by Crippen LogP contribution is 2.06. The normalized spacial score (nSPS) is 17.1. The molecule has 0 amide bonds. The second kappa shape index (κ2) is 11.0. The van der Waals surface area contributed by atoms with Gasteiger partial charge in [-0.1, -0.05) is 13.3 Å². The summed E-state index contributed by atoms with van der Waals surface area (Å²) >= 11 is 0. The van der Waals surface area contributed by atoms with Gasteiger partial charge in [-0.3, -0.25) is 0 Å². The van der Waals surface area contributed by atoms with E-state index in [1.807, 2.05) is 7.05 Å². The maximum Gasteiger partial charge on any atom is 0.0106 e. The van der Waals surface area contributed by atoms with E-state index in [0.29, 0.717) is 6.04 Å². The lowest BCUT2D eigenvalue weighted by Crippen LogP contribution is -2.32. The molecule has 1 saturated heterocycles. The molecule has 0 aromatic heterocycles. The topological polar surface area (TPSA) is 18.5 Å². The number of hydrogen-bond donors (Lipinski definition) is 1. The van der Waals surface area contributed by atoms with Gasteiger partial charge >= 0.3 is 0 Å². The number of likely N-dealkylation sites (tertiary alicyclic amines) is 1. The predicted molar refractivity (Wildman–Crippen MR) is 79.8 cm³/mol. The van der Waals surface area contributed by atoms with Gasteiger partial charge in [0.2, 0.25) is 0 Å². The zero-order chi connectivity index (χ0) is 13.1. The lowest BCUT2D eigenvalue weighted by Gasteiger charge is -2.24. The molecule has 0 atom stereocenters. The molecule has 0 aliphatic carbocycles. The number of hydrogen-bond acceptors (Lipinski definition) is 3. The molecule has 3 nitrogen and oxygen atoms in total. The van der Waals surface area contributed by atoms with Gasteiger partial charge in [0.15, 0.2) is 0 Å². The first-order valence-electron chi connectivity index (χ1n) is 7.19. The first-order chi connectivity index (χ1) is 8.11. The molecule has 1 aliphatic rings. The van der Waals surface area contributed by atoms with Crippen molar-refractivity contribution in [3.05, 3.63) is 0 Å². The Balaban J connectivity index is 0. The Hall–Kier alpha value is -0.120. The molecule has 0 unspecified atom stereocenters. The van der Waals surface area contributed by atoms with Crippen LogP contribution in [-0.2, 0) is 0 Å². The van der Waals surface area contributed by atoms with Crippen molar-refractivity contribution >= 4 is 0 Å². The van der Waals surface area contributed by atoms with Crippen LogP contribution in [-0.4, -0.2) is 62.7 Å². The molecule has 0 spiro atoms. The van der Waals surface area contributed by atoms with Crippen LogP contribution in [0, 0.1) is 0 Å². The van der Waals surface area contributed by atoms with E-state index in [1.165, 1.54) is 38.9 Å². The van der Waals surface area contributed by atoms with Gasteiger partial charge in [-0.05, 0) is 60.4 Å². The standard InChI is InChI=1S/C7H18N2.C7H15N.H2/c1-7(2)9(4)6-5-8-3;1-2-8-6-4-3-5-7-8;/h7-8H,5-6H2,1-4H3;2-7H2,1H3;1H. The summed E-state index contributed by atoms with van der Waals surface area (Å²) in [7, 11) is 4.12. The van der Waals surface area contributed by atoms with Crippen molar-refractivity contribution in [1.29, 1.82) is 0 Å². The molecular weight excluding hydrogens is 210 g/mol. The third-order valence-electron chi connectivity index (χ3n) is 3.49. The van der Waals surface area contributed by atoms with Gasteiger partial charge in [-0.2, -0.15) is 0 Å². The highest BCUT2D eigenvalue weighted by atomic mass is 15.1. The fourth-order valence-electron chi connectivity index (χ4n) is 1.82. The van der Waals surface area contributed by atoms with Crippen LogP contribution in [0.5, 0.6) is 0 Å². The maximum atomic E-state index is 3.11. The molecule has 0 radical (unpaired) electrons. The lowest BCUT2D eigenvalue weighted by molar-refractivity contribution is 0.240. The Labute approximate surface area is 110 Å². The lowest BCUT2D eigenvalue weighted by atomic mass is 10.1. The minimum absolute atomic E-state index is 0. The molecule has 1 heterocycles. The number of piperidine rings is 1. The van der Waals surface area contributed by atoms with E-state index in [-0.39, 0.29) is 1.43 Å². The Kier molecular flexibility index (Phi) is 10.9. The molecule has 17 heavy (non-hydrogen) atoms. The Morgan fingerprint density at radius 1 is 1.24 bits per heavy atom. The summed E-state index contributed by atoms with van der Waals surface area (Å²) in [4.78, 5) is 4.83. The molecule has 0 aromatic carbocycles. The number of nitrogens with one attached hydrogen (secondary N) is 1. The van der Waals surface area contributed by atoms with Crippen LogP contribution in [0.3, 0.4) is 0 Å². The van der Waals surface area contributed by atoms with Crippen molar-refractivity contribution in [2.75, 3.05) is 46.8 Å². The summed E-state index contributed by atoms with van der Waals surface area (Å²) in [6, 6.07) is 0.665. The van der Waals surface area contributed by atoms with Crippen LogP contribution >= 0.6 is 0 Å². The van der Waals surface area contributed by atoms with E-state index in [2.05, 4.69) is 42.9 Å².